The van der Waals surface area contributed by atoms with E-state index in [1.54, 1.807) is 16.9 Å². The van der Waals surface area contributed by atoms with Crippen molar-refractivity contribution in [3.63, 3.8) is 0 Å². The summed E-state index contributed by atoms with van der Waals surface area (Å²) < 4.78 is 1.74. The van der Waals surface area contributed by atoms with Gasteiger partial charge in [-0.1, -0.05) is 19.3 Å². The van der Waals surface area contributed by atoms with Gasteiger partial charge in [-0.3, -0.25) is 9.59 Å². The van der Waals surface area contributed by atoms with E-state index in [-0.39, 0.29) is 17.7 Å². The average Bonchev–Trinajstić information content (AvgIpc) is 3.55. The monoisotopic (exact) mass is 515 g/mol. The average molecular weight is 516 g/mol. The molecule has 4 N–H and O–H groups in total. The molecule has 1 aliphatic heterocycles. The molecule has 0 bridgehead atoms. The van der Waals surface area contributed by atoms with Crippen molar-refractivity contribution in [3.05, 3.63) is 54.1 Å². The zero-order valence-corrected chi connectivity index (χ0v) is 22.1. The van der Waals surface area contributed by atoms with Crippen molar-refractivity contribution in [2.24, 2.45) is 5.73 Å². The van der Waals surface area contributed by atoms with Crippen LogP contribution < -0.4 is 11.1 Å². The Morgan fingerprint density at radius 3 is 2.71 bits per heavy atom. The predicted molar refractivity (Wildman–Crippen MR) is 149 cm³/mol. The van der Waals surface area contributed by atoms with Crippen LogP contribution in [-0.2, 0) is 0 Å². The van der Waals surface area contributed by atoms with Crippen LogP contribution in [0.3, 0.4) is 0 Å². The predicted octanol–water partition coefficient (Wildman–Crippen LogP) is 4.18. The Labute approximate surface area is 222 Å². The third kappa shape index (κ3) is 5.79. The molecule has 38 heavy (non-hydrogen) atoms. The van der Waals surface area contributed by atoms with Gasteiger partial charge in [0.1, 0.15) is 5.65 Å². The van der Waals surface area contributed by atoms with E-state index in [0.29, 0.717) is 17.5 Å². The third-order valence-corrected chi connectivity index (χ3v) is 7.59. The lowest BCUT2D eigenvalue weighted by atomic mass is 10.0. The quantitative estimate of drug-likeness (QED) is 0.203. The van der Waals surface area contributed by atoms with Crippen molar-refractivity contribution in [2.45, 2.75) is 57.4 Å². The van der Waals surface area contributed by atoms with Gasteiger partial charge in [-0.2, -0.15) is 5.10 Å². The molecule has 0 spiro atoms. The number of nitrogens with one attached hydrogen (secondary N) is 2. The highest BCUT2D eigenvalue weighted by molar-refractivity contribution is 6.04. The van der Waals surface area contributed by atoms with Crippen molar-refractivity contribution >= 4 is 28.2 Å². The number of rotatable bonds is 11. The fourth-order valence-electron chi connectivity index (χ4n) is 5.25. The molecule has 4 aromatic heterocycles. The molecule has 5 rings (SSSR count). The maximum atomic E-state index is 13.0. The van der Waals surface area contributed by atoms with Gasteiger partial charge >= 0.3 is 0 Å². The van der Waals surface area contributed by atoms with Crippen LogP contribution in [0.25, 0.3) is 27.7 Å². The van der Waals surface area contributed by atoms with Gasteiger partial charge in [0.05, 0.1) is 22.8 Å². The summed E-state index contributed by atoms with van der Waals surface area (Å²) in [7, 11) is 2.11. The summed E-state index contributed by atoms with van der Waals surface area (Å²) in [6.07, 6.45) is 14.7. The maximum Gasteiger partial charge on any atom is 0.253 e. The van der Waals surface area contributed by atoms with E-state index in [1.807, 2.05) is 30.6 Å². The number of aromatic nitrogens is 4. The molecule has 0 saturated carbocycles. The van der Waals surface area contributed by atoms with Gasteiger partial charge in [0.15, 0.2) is 5.78 Å². The Hall–Kier alpha value is -3.56. The number of carbonyl (C=O) groups excluding carboxylic acids is 2. The van der Waals surface area contributed by atoms with Crippen LogP contribution in [0.4, 0.5) is 0 Å². The molecule has 1 saturated heterocycles. The minimum Gasteiger partial charge on any atom is -0.349 e. The van der Waals surface area contributed by atoms with Crippen LogP contribution in [0, 0.1) is 0 Å². The van der Waals surface area contributed by atoms with Crippen molar-refractivity contribution in [1.29, 1.82) is 0 Å². The van der Waals surface area contributed by atoms with Gasteiger partial charge in [0.2, 0.25) is 0 Å². The Morgan fingerprint density at radius 1 is 1.11 bits per heavy atom. The third-order valence-electron chi connectivity index (χ3n) is 7.59. The number of aromatic amines is 1. The van der Waals surface area contributed by atoms with Gasteiger partial charge in [-0.25, -0.2) is 9.50 Å². The van der Waals surface area contributed by atoms with E-state index in [0.717, 1.165) is 92.3 Å². The fraction of sp³-hybridized carbons (Fsp3) is 0.448. The number of hydrogen-bond acceptors (Lipinski definition) is 6. The number of ketones is 1. The molecule has 0 aromatic carbocycles. The first-order valence-corrected chi connectivity index (χ1v) is 13.7. The van der Waals surface area contributed by atoms with Crippen molar-refractivity contribution in [1.82, 2.24) is 29.8 Å². The Morgan fingerprint density at radius 2 is 1.89 bits per heavy atom. The van der Waals surface area contributed by atoms with Crippen molar-refractivity contribution < 1.29 is 9.59 Å². The smallest absolute Gasteiger partial charge is 0.253 e. The lowest BCUT2D eigenvalue weighted by Crippen LogP contribution is -2.43. The Balaban J connectivity index is 1.34. The summed E-state index contributed by atoms with van der Waals surface area (Å²) in [6.45, 7) is 2.70. The number of carbonyl (C=O) groups is 2. The highest BCUT2D eigenvalue weighted by Gasteiger charge is 2.20. The molecule has 1 aliphatic rings. The lowest BCUT2D eigenvalue weighted by Gasteiger charge is -2.29. The lowest BCUT2D eigenvalue weighted by molar-refractivity contribution is 0.0915. The number of nitrogens with two attached hydrogens (primary N) is 1. The first-order chi connectivity index (χ1) is 18.5. The van der Waals surface area contributed by atoms with Crippen LogP contribution in [0.2, 0.25) is 0 Å². The molecule has 4 aromatic rings. The van der Waals surface area contributed by atoms with Crippen molar-refractivity contribution in [3.8, 4) is 11.1 Å². The van der Waals surface area contributed by atoms with Crippen LogP contribution in [0.15, 0.2) is 43.0 Å². The molecule has 1 amide bonds. The van der Waals surface area contributed by atoms with Gasteiger partial charge in [0.25, 0.3) is 5.91 Å². The minimum atomic E-state index is -0.0942. The number of likely N-dealkylation sites (tertiary alicyclic amines) is 1. The topological polar surface area (TPSA) is 121 Å². The molecule has 9 heteroatoms. The second-order valence-corrected chi connectivity index (χ2v) is 10.4. The number of unbranched alkanes of at least 4 members (excludes halogenated alkanes) is 4. The van der Waals surface area contributed by atoms with Gasteiger partial charge in [0, 0.05) is 42.0 Å². The highest BCUT2D eigenvalue weighted by Crippen LogP contribution is 2.30. The number of hydrogen-bond donors (Lipinski definition) is 3. The zero-order chi connectivity index (χ0) is 26.5. The summed E-state index contributed by atoms with van der Waals surface area (Å²) in [5, 5.41) is 8.44. The van der Waals surface area contributed by atoms with Gasteiger partial charge < -0.3 is 20.9 Å². The summed E-state index contributed by atoms with van der Waals surface area (Å²) >= 11 is 0. The molecule has 0 radical (unpaired) electrons. The highest BCUT2D eigenvalue weighted by atomic mass is 16.1. The van der Waals surface area contributed by atoms with E-state index >= 15 is 0 Å². The number of Topliss-reactive ketones (excluding diaryl/α,β-unsaturated/α-hetero) is 1. The number of pyridine rings is 2. The minimum absolute atomic E-state index is 0.0942. The van der Waals surface area contributed by atoms with E-state index in [1.165, 1.54) is 0 Å². The standard InChI is InChI=1S/C29H37N7O2/c1-35-12-9-22(10-13-35)34-29(38)21-15-23-24(18-32-28(23)31-17-21)20-8-14-36-26(16-20)25(19-33-36)27(37)7-5-3-2-4-6-11-30/h8,14-19,22H,2-7,9-13,30H2,1H3,(H,31,32)(H,34,38). The van der Waals surface area contributed by atoms with E-state index in [9.17, 15) is 9.59 Å². The van der Waals surface area contributed by atoms with Gasteiger partial charge in [-0.15, -0.1) is 0 Å². The zero-order valence-electron chi connectivity index (χ0n) is 22.1. The summed E-state index contributed by atoms with van der Waals surface area (Å²) in [5.74, 6) is 0.0210. The first-order valence-electron chi connectivity index (χ1n) is 13.7. The molecule has 1 fully saturated rings. The van der Waals surface area contributed by atoms with Crippen LogP contribution in [0.1, 0.15) is 72.1 Å². The van der Waals surface area contributed by atoms with Crippen molar-refractivity contribution in [2.75, 3.05) is 26.7 Å². The normalized spacial score (nSPS) is 14.9. The molecule has 0 unspecified atom stereocenters. The maximum absolute atomic E-state index is 13.0. The fourth-order valence-corrected chi connectivity index (χ4v) is 5.25. The number of nitrogens with zero attached hydrogens (tertiary/aromatic N) is 4. The molecule has 0 aliphatic carbocycles. The molecular formula is C29H37N7O2. The largest absolute Gasteiger partial charge is 0.349 e. The van der Waals surface area contributed by atoms with E-state index in [2.05, 4.69) is 32.3 Å². The van der Waals surface area contributed by atoms with Crippen LogP contribution in [-0.4, -0.2) is 68.9 Å². The number of piperidine rings is 1. The molecular weight excluding hydrogens is 478 g/mol. The van der Waals surface area contributed by atoms with E-state index in [4.69, 9.17) is 5.73 Å². The first kappa shape index (κ1) is 26.1. The van der Waals surface area contributed by atoms with E-state index < -0.39 is 0 Å². The number of H-pyrrole nitrogens is 1. The molecule has 5 heterocycles. The molecule has 0 atom stereocenters. The number of fused-ring (bicyclic) bond motifs is 2. The molecule has 200 valence electrons. The Kier molecular flexibility index (Phi) is 8.14. The summed E-state index contributed by atoms with van der Waals surface area (Å²) in [4.78, 5) is 36.0. The van der Waals surface area contributed by atoms with Crippen LogP contribution in [0.5, 0.6) is 0 Å². The number of amides is 1. The summed E-state index contributed by atoms with van der Waals surface area (Å²) in [6, 6.07) is 6.05. The second kappa shape index (κ2) is 11.9. The molecule has 9 nitrogen and oxygen atoms in total. The Bertz CT molecular complexity index is 1420. The second-order valence-electron chi connectivity index (χ2n) is 10.4. The SMILES string of the molecule is CN1CCC(NC(=O)c2cnc3[nH]cc(-c4ccn5ncc(C(=O)CCCCCCCN)c5c4)c3c2)CC1. The summed E-state index contributed by atoms with van der Waals surface area (Å²) in [5.41, 5.74) is 10.1. The van der Waals surface area contributed by atoms with Crippen LogP contribution >= 0.6 is 0 Å². The van der Waals surface area contributed by atoms with Gasteiger partial charge in [-0.05, 0) is 76.1 Å².